The maximum absolute atomic E-state index is 11.5. The number of nitrogens with one attached hydrogen (secondary N) is 1. The van der Waals surface area contributed by atoms with Crippen molar-refractivity contribution in [3.05, 3.63) is 30.2 Å². The topological polar surface area (TPSA) is 96.6 Å². The van der Waals surface area contributed by atoms with Gasteiger partial charge in [0.25, 0.3) is 0 Å². The fourth-order valence-electron chi connectivity index (χ4n) is 2.02. The van der Waals surface area contributed by atoms with Crippen molar-refractivity contribution < 1.29 is 14.7 Å². The Labute approximate surface area is 122 Å². The first-order valence-corrected chi connectivity index (χ1v) is 6.94. The van der Waals surface area contributed by atoms with Gasteiger partial charge < -0.3 is 10.4 Å². The normalized spacial score (nSPS) is 10.7. The minimum atomic E-state index is -0.874. The Hall–Kier alpha value is -2.44. The molecule has 7 heteroatoms. The van der Waals surface area contributed by atoms with Gasteiger partial charge in [0.2, 0.25) is 5.91 Å². The minimum Gasteiger partial charge on any atom is -0.481 e. The minimum absolute atomic E-state index is 0.0269. The van der Waals surface area contributed by atoms with Gasteiger partial charge in [-0.2, -0.15) is 0 Å². The molecule has 2 aromatic heterocycles. The zero-order valence-electron chi connectivity index (χ0n) is 11.7. The van der Waals surface area contributed by atoms with Gasteiger partial charge in [0.05, 0.1) is 0 Å². The summed E-state index contributed by atoms with van der Waals surface area (Å²) in [6.07, 6.45) is 4.05. The van der Waals surface area contributed by atoms with Crippen LogP contribution >= 0.6 is 0 Å². The predicted octanol–water partition coefficient (Wildman–Crippen LogP) is 1.03. The second-order valence-electron chi connectivity index (χ2n) is 4.75. The summed E-state index contributed by atoms with van der Waals surface area (Å²) in [5.41, 5.74) is 0.810. The third-order valence-corrected chi connectivity index (χ3v) is 3.08. The molecule has 2 aromatic rings. The van der Waals surface area contributed by atoms with E-state index in [1.807, 2.05) is 28.8 Å². The van der Waals surface area contributed by atoms with Gasteiger partial charge in [-0.05, 0) is 25.0 Å². The van der Waals surface area contributed by atoms with E-state index in [0.717, 1.165) is 24.3 Å². The molecule has 0 unspecified atom stereocenters. The van der Waals surface area contributed by atoms with E-state index in [1.54, 1.807) is 0 Å². The van der Waals surface area contributed by atoms with Crippen LogP contribution in [0.3, 0.4) is 0 Å². The van der Waals surface area contributed by atoms with Crippen molar-refractivity contribution in [1.82, 2.24) is 19.9 Å². The van der Waals surface area contributed by atoms with Gasteiger partial charge in [-0.15, -0.1) is 10.2 Å². The summed E-state index contributed by atoms with van der Waals surface area (Å²) >= 11 is 0. The molecule has 7 nitrogen and oxygen atoms in total. The molecular weight excluding hydrogens is 272 g/mol. The number of aliphatic carboxylic acids is 1. The fourth-order valence-corrected chi connectivity index (χ4v) is 2.02. The zero-order chi connectivity index (χ0) is 15.1. The number of nitrogens with zero attached hydrogens (tertiary/aromatic N) is 3. The van der Waals surface area contributed by atoms with Crippen molar-refractivity contribution in [2.24, 2.45) is 0 Å². The summed E-state index contributed by atoms with van der Waals surface area (Å²) in [6, 6.07) is 5.72. The van der Waals surface area contributed by atoms with Crippen molar-refractivity contribution in [1.29, 1.82) is 0 Å². The predicted molar refractivity (Wildman–Crippen MR) is 75.8 cm³/mol. The number of pyridine rings is 1. The molecule has 0 aliphatic rings. The summed E-state index contributed by atoms with van der Waals surface area (Å²) in [5, 5.41) is 19.4. The van der Waals surface area contributed by atoms with Crippen molar-refractivity contribution in [3.63, 3.8) is 0 Å². The standard InChI is InChI=1S/C14H18N4O3/c19-13(7-3-8-14(20)21)15-9-4-6-12-17-16-11-5-1-2-10-18(11)12/h1-2,5,10H,3-4,6-9H2,(H,15,19)(H,20,21). The van der Waals surface area contributed by atoms with Crippen molar-refractivity contribution in [2.75, 3.05) is 6.54 Å². The van der Waals surface area contributed by atoms with E-state index < -0.39 is 5.97 Å². The highest BCUT2D eigenvalue weighted by atomic mass is 16.4. The van der Waals surface area contributed by atoms with Crippen LogP contribution in [0.5, 0.6) is 0 Å². The number of carbonyl (C=O) groups is 2. The Bertz CT molecular complexity index is 623. The van der Waals surface area contributed by atoms with E-state index in [-0.39, 0.29) is 18.7 Å². The lowest BCUT2D eigenvalue weighted by molar-refractivity contribution is -0.137. The highest BCUT2D eigenvalue weighted by Gasteiger charge is 2.06. The number of aromatic nitrogens is 3. The van der Waals surface area contributed by atoms with Gasteiger partial charge in [0.15, 0.2) is 5.65 Å². The molecule has 0 radical (unpaired) electrons. The van der Waals surface area contributed by atoms with Gasteiger partial charge in [0.1, 0.15) is 5.82 Å². The van der Waals surface area contributed by atoms with Gasteiger partial charge in [-0.25, -0.2) is 0 Å². The summed E-state index contributed by atoms with van der Waals surface area (Å²) in [6.45, 7) is 0.549. The number of aryl methyl sites for hydroxylation is 1. The fraction of sp³-hybridized carbons (Fsp3) is 0.429. The van der Waals surface area contributed by atoms with Crippen LogP contribution in [0.25, 0.3) is 5.65 Å². The molecule has 0 aliphatic heterocycles. The molecule has 0 saturated heterocycles. The Balaban J connectivity index is 1.68. The maximum Gasteiger partial charge on any atom is 0.303 e. The smallest absolute Gasteiger partial charge is 0.303 e. The van der Waals surface area contributed by atoms with Gasteiger partial charge in [-0.3, -0.25) is 14.0 Å². The van der Waals surface area contributed by atoms with E-state index in [0.29, 0.717) is 13.0 Å². The van der Waals surface area contributed by atoms with E-state index >= 15 is 0 Å². The van der Waals surface area contributed by atoms with Crippen LogP contribution in [0, 0.1) is 0 Å². The van der Waals surface area contributed by atoms with Crippen LogP contribution < -0.4 is 5.32 Å². The molecule has 1 amide bonds. The number of hydrogen-bond acceptors (Lipinski definition) is 4. The Kier molecular flexibility index (Phi) is 5.25. The lowest BCUT2D eigenvalue weighted by atomic mass is 10.2. The van der Waals surface area contributed by atoms with Crippen molar-refractivity contribution in [3.8, 4) is 0 Å². The monoisotopic (exact) mass is 290 g/mol. The van der Waals surface area contributed by atoms with Gasteiger partial charge in [0, 0.05) is 32.0 Å². The number of fused-ring (bicyclic) bond motifs is 1. The number of rotatable bonds is 8. The number of hydrogen-bond donors (Lipinski definition) is 2. The molecule has 21 heavy (non-hydrogen) atoms. The molecule has 0 atom stereocenters. The summed E-state index contributed by atoms with van der Waals surface area (Å²) in [5.74, 6) is -0.116. The third kappa shape index (κ3) is 4.55. The van der Waals surface area contributed by atoms with Crippen LogP contribution in [0.2, 0.25) is 0 Å². The lowest BCUT2D eigenvalue weighted by Crippen LogP contribution is -2.24. The number of carboxylic acids is 1. The highest BCUT2D eigenvalue weighted by molar-refractivity contribution is 5.76. The van der Waals surface area contributed by atoms with Crippen LogP contribution in [-0.4, -0.2) is 38.1 Å². The second kappa shape index (κ2) is 7.37. The average Bonchev–Trinajstić information content (AvgIpc) is 2.86. The molecule has 2 rings (SSSR count). The Morgan fingerprint density at radius 3 is 2.86 bits per heavy atom. The lowest BCUT2D eigenvalue weighted by Gasteiger charge is -2.04. The SMILES string of the molecule is O=C(O)CCCC(=O)NCCCc1nnc2ccccn12. The molecular formula is C14H18N4O3. The number of carbonyl (C=O) groups excluding carboxylic acids is 1. The van der Waals surface area contributed by atoms with Gasteiger partial charge in [-0.1, -0.05) is 6.07 Å². The Morgan fingerprint density at radius 2 is 2.05 bits per heavy atom. The van der Waals surface area contributed by atoms with E-state index in [4.69, 9.17) is 5.11 Å². The summed E-state index contributed by atoms with van der Waals surface area (Å²) < 4.78 is 1.93. The van der Waals surface area contributed by atoms with Crippen molar-refractivity contribution in [2.45, 2.75) is 32.1 Å². The van der Waals surface area contributed by atoms with Crippen LogP contribution in [-0.2, 0) is 16.0 Å². The summed E-state index contributed by atoms with van der Waals surface area (Å²) in [4.78, 5) is 21.8. The van der Waals surface area contributed by atoms with Crippen LogP contribution in [0.15, 0.2) is 24.4 Å². The molecule has 2 N–H and O–H groups in total. The van der Waals surface area contributed by atoms with Crippen LogP contribution in [0.4, 0.5) is 0 Å². The first-order valence-electron chi connectivity index (χ1n) is 6.94. The third-order valence-electron chi connectivity index (χ3n) is 3.08. The summed E-state index contributed by atoms with van der Waals surface area (Å²) in [7, 11) is 0. The van der Waals surface area contributed by atoms with E-state index in [1.165, 1.54) is 0 Å². The molecule has 0 fully saturated rings. The number of carboxylic acid groups (broad SMARTS) is 1. The second-order valence-corrected chi connectivity index (χ2v) is 4.75. The zero-order valence-corrected chi connectivity index (χ0v) is 11.7. The molecule has 0 spiro atoms. The van der Waals surface area contributed by atoms with Gasteiger partial charge >= 0.3 is 5.97 Å². The number of amides is 1. The molecule has 2 heterocycles. The Morgan fingerprint density at radius 1 is 1.19 bits per heavy atom. The van der Waals surface area contributed by atoms with Crippen LogP contribution in [0.1, 0.15) is 31.5 Å². The van der Waals surface area contributed by atoms with E-state index in [2.05, 4.69) is 15.5 Å². The first kappa shape index (κ1) is 15.0. The van der Waals surface area contributed by atoms with Crippen molar-refractivity contribution >= 4 is 17.5 Å². The molecule has 0 saturated carbocycles. The molecule has 0 aliphatic carbocycles. The average molecular weight is 290 g/mol. The first-order chi connectivity index (χ1) is 10.2. The van der Waals surface area contributed by atoms with E-state index in [9.17, 15) is 9.59 Å². The highest BCUT2D eigenvalue weighted by Crippen LogP contribution is 2.04. The molecule has 0 aromatic carbocycles. The maximum atomic E-state index is 11.5. The molecule has 0 bridgehead atoms. The molecule has 112 valence electrons. The quantitative estimate of drug-likeness (QED) is 0.708. The largest absolute Gasteiger partial charge is 0.481 e.